The first-order valence-electron chi connectivity index (χ1n) is 11.1. The zero-order valence-electron chi connectivity index (χ0n) is 19.3. The molecule has 0 unspecified atom stereocenters. The lowest BCUT2D eigenvalue weighted by Gasteiger charge is -2.15. The standard InChI is InChI=1S/C25H25Br2NO5S2/c1-3-31-20-13-17(12-19(27)23(20)33-15-16-7-5-8-18(26)11-16)14-21-24(30)28(25(34)35-21)10-6-9-22(29)32-4-2/h5,7-8,11-14H,3-4,6,9-10,15H2,1-2H3/b21-14+. The molecular formula is C25H25Br2NO5S2. The molecule has 1 saturated heterocycles. The fraction of sp³-hybridized carbons (Fsp3) is 0.320. The van der Waals surface area contributed by atoms with Crippen LogP contribution in [0.15, 0.2) is 50.2 Å². The smallest absolute Gasteiger partial charge is 0.305 e. The van der Waals surface area contributed by atoms with Crippen LogP contribution in [0.4, 0.5) is 0 Å². The van der Waals surface area contributed by atoms with Crippen LogP contribution in [-0.2, 0) is 20.9 Å². The maximum absolute atomic E-state index is 12.9. The van der Waals surface area contributed by atoms with Gasteiger partial charge in [-0.15, -0.1) is 0 Å². The minimum absolute atomic E-state index is 0.173. The second kappa shape index (κ2) is 13.4. The van der Waals surface area contributed by atoms with E-state index >= 15 is 0 Å². The molecule has 1 fully saturated rings. The van der Waals surface area contributed by atoms with Gasteiger partial charge in [0.2, 0.25) is 0 Å². The van der Waals surface area contributed by atoms with Crippen LogP contribution in [0.2, 0.25) is 0 Å². The molecule has 0 radical (unpaired) electrons. The number of thioether (sulfide) groups is 1. The summed E-state index contributed by atoms with van der Waals surface area (Å²) in [4.78, 5) is 26.5. The van der Waals surface area contributed by atoms with Crippen molar-refractivity contribution in [3.05, 3.63) is 61.4 Å². The minimum atomic E-state index is -0.274. The van der Waals surface area contributed by atoms with Crippen molar-refractivity contribution in [2.45, 2.75) is 33.3 Å². The van der Waals surface area contributed by atoms with E-state index in [1.807, 2.05) is 43.3 Å². The summed E-state index contributed by atoms with van der Waals surface area (Å²) < 4.78 is 19.0. The summed E-state index contributed by atoms with van der Waals surface area (Å²) in [6.07, 6.45) is 2.52. The molecule has 35 heavy (non-hydrogen) atoms. The van der Waals surface area contributed by atoms with Gasteiger partial charge in [-0.25, -0.2) is 0 Å². The Labute approximate surface area is 231 Å². The van der Waals surface area contributed by atoms with Gasteiger partial charge >= 0.3 is 5.97 Å². The summed E-state index contributed by atoms with van der Waals surface area (Å²) in [5.74, 6) is 0.723. The molecule has 0 aromatic heterocycles. The van der Waals surface area contributed by atoms with Crippen molar-refractivity contribution in [1.82, 2.24) is 4.90 Å². The van der Waals surface area contributed by atoms with Crippen LogP contribution in [0.5, 0.6) is 11.5 Å². The highest BCUT2D eigenvalue weighted by atomic mass is 79.9. The number of benzene rings is 2. The topological polar surface area (TPSA) is 65.1 Å². The molecule has 0 bridgehead atoms. The Morgan fingerprint density at radius 2 is 1.94 bits per heavy atom. The van der Waals surface area contributed by atoms with Gasteiger partial charge < -0.3 is 14.2 Å². The Hall–Kier alpha value is -1.88. The van der Waals surface area contributed by atoms with Gasteiger partial charge in [-0.1, -0.05) is 52.0 Å². The molecule has 0 N–H and O–H groups in total. The van der Waals surface area contributed by atoms with E-state index < -0.39 is 0 Å². The highest BCUT2D eigenvalue weighted by molar-refractivity contribution is 9.10. The number of ether oxygens (including phenoxy) is 3. The Bertz CT molecular complexity index is 1140. The van der Waals surface area contributed by atoms with Gasteiger partial charge in [0, 0.05) is 17.4 Å². The summed E-state index contributed by atoms with van der Waals surface area (Å²) >= 11 is 13.7. The quantitative estimate of drug-likeness (QED) is 0.153. The van der Waals surface area contributed by atoms with Crippen LogP contribution in [0.3, 0.4) is 0 Å². The number of nitrogens with zero attached hydrogens (tertiary/aromatic N) is 1. The molecule has 10 heteroatoms. The van der Waals surface area contributed by atoms with Crippen LogP contribution in [0.1, 0.15) is 37.8 Å². The minimum Gasteiger partial charge on any atom is -0.490 e. The Balaban J connectivity index is 1.74. The fourth-order valence-corrected chi connectivity index (χ4v) is 5.64. The molecule has 0 aliphatic carbocycles. The average molecular weight is 643 g/mol. The number of esters is 1. The van der Waals surface area contributed by atoms with E-state index in [1.165, 1.54) is 16.7 Å². The summed E-state index contributed by atoms with van der Waals surface area (Å²) in [5.41, 5.74) is 1.80. The zero-order valence-corrected chi connectivity index (χ0v) is 24.1. The van der Waals surface area contributed by atoms with Crippen molar-refractivity contribution in [3.8, 4) is 11.5 Å². The second-order valence-corrected chi connectivity index (χ2v) is 10.9. The molecule has 1 heterocycles. The van der Waals surface area contributed by atoms with E-state index in [4.69, 9.17) is 26.4 Å². The molecule has 3 rings (SSSR count). The SMILES string of the molecule is CCOC(=O)CCCN1C(=O)/C(=C\c2cc(Br)c(OCc3cccc(Br)c3)c(OCC)c2)SC1=S. The van der Waals surface area contributed by atoms with Crippen LogP contribution < -0.4 is 9.47 Å². The predicted octanol–water partition coefficient (Wildman–Crippen LogP) is 6.73. The summed E-state index contributed by atoms with van der Waals surface area (Å²) in [5, 5.41) is 0. The summed E-state index contributed by atoms with van der Waals surface area (Å²) in [7, 11) is 0. The first kappa shape index (κ1) is 27.7. The molecular weight excluding hydrogens is 618 g/mol. The molecule has 2 aromatic carbocycles. The summed E-state index contributed by atoms with van der Waals surface area (Å²) in [6, 6.07) is 11.6. The third-order valence-electron chi connectivity index (χ3n) is 4.84. The Morgan fingerprint density at radius 1 is 1.14 bits per heavy atom. The van der Waals surface area contributed by atoms with Gasteiger partial charge in [0.05, 0.1) is 22.6 Å². The maximum Gasteiger partial charge on any atom is 0.305 e. The van der Waals surface area contributed by atoms with E-state index in [-0.39, 0.29) is 18.3 Å². The highest BCUT2D eigenvalue weighted by Crippen LogP contribution is 2.40. The number of amides is 1. The lowest BCUT2D eigenvalue weighted by molar-refractivity contribution is -0.143. The van der Waals surface area contributed by atoms with Gasteiger partial charge in [0.1, 0.15) is 10.9 Å². The van der Waals surface area contributed by atoms with Crippen molar-refractivity contribution >= 4 is 78.1 Å². The molecule has 1 aliphatic heterocycles. The van der Waals surface area contributed by atoms with Gasteiger partial charge in [0.15, 0.2) is 11.5 Å². The molecule has 0 atom stereocenters. The van der Waals surface area contributed by atoms with Gasteiger partial charge in [-0.3, -0.25) is 14.5 Å². The molecule has 6 nitrogen and oxygen atoms in total. The molecule has 0 saturated carbocycles. The monoisotopic (exact) mass is 641 g/mol. The van der Waals surface area contributed by atoms with Crippen molar-refractivity contribution < 1.29 is 23.8 Å². The number of carbonyl (C=O) groups excluding carboxylic acids is 2. The van der Waals surface area contributed by atoms with Crippen LogP contribution >= 0.6 is 55.8 Å². The number of carbonyl (C=O) groups is 2. The molecule has 186 valence electrons. The zero-order chi connectivity index (χ0) is 25.4. The van der Waals surface area contributed by atoms with E-state index in [0.29, 0.717) is 53.5 Å². The third kappa shape index (κ3) is 7.80. The average Bonchev–Trinajstić information content (AvgIpc) is 3.06. The van der Waals surface area contributed by atoms with E-state index in [9.17, 15) is 9.59 Å². The first-order valence-corrected chi connectivity index (χ1v) is 13.9. The lowest BCUT2D eigenvalue weighted by Crippen LogP contribution is -2.29. The van der Waals surface area contributed by atoms with E-state index in [1.54, 1.807) is 13.0 Å². The Morgan fingerprint density at radius 3 is 2.66 bits per heavy atom. The van der Waals surface area contributed by atoms with Crippen LogP contribution in [-0.4, -0.2) is 40.9 Å². The molecule has 2 aromatic rings. The van der Waals surface area contributed by atoms with Gasteiger partial charge in [-0.05, 0) is 77.7 Å². The summed E-state index contributed by atoms with van der Waals surface area (Å²) in [6.45, 7) is 5.22. The van der Waals surface area contributed by atoms with E-state index in [2.05, 4.69) is 31.9 Å². The highest BCUT2D eigenvalue weighted by Gasteiger charge is 2.31. The van der Waals surface area contributed by atoms with Crippen molar-refractivity contribution in [2.24, 2.45) is 0 Å². The Kier molecular flexibility index (Phi) is 10.6. The molecule has 1 amide bonds. The second-order valence-electron chi connectivity index (χ2n) is 7.42. The number of hydrogen-bond acceptors (Lipinski definition) is 7. The van der Waals surface area contributed by atoms with Crippen molar-refractivity contribution in [2.75, 3.05) is 19.8 Å². The van der Waals surface area contributed by atoms with Crippen molar-refractivity contribution in [1.29, 1.82) is 0 Å². The number of rotatable bonds is 11. The lowest BCUT2D eigenvalue weighted by atomic mass is 10.1. The number of hydrogen-bond donors (Lipinski definition) is 0. The van der Waals surface area contributed by atoms with Crippen LogP contribution in [0.25, 0.3) is 6.08 Å². The van der Waals surface area contributed by atoms with Gasteiger partial charge in [0.25, 0.3) is 5.91 Å². The number of thiocarbonyl (C=S) groups is 1. The first-order chi connectivity index (χ1) is 16.8. The van der Waals surface area contributed by atoms with Crippen molar-refractivity contribution in [3.63, 3.8) is 0 Å². The normalized spacial score (nSPS) is 14.5. The van der Waals surface area contributed by atoms with E-state index in [0.717, 1.165) is 20.1 Å². The van der Waals surface area contributed by atoms with Gasteiger partial charge in [-0.2, -0.15) is 0 Å². The number of halogens is 2. The predicted molar refractivity (Wildman–Crippen MR) is 150 cm³/mol. The van der Waals surface area contributed by atoms with Crippen LogP contribution in [0, 0.1) is 0 Å². The third-order valence-corrected chi connectivity index (χ3v) is 7.30. The largest absolute Gasteiger partial charge is 0.490 e. The maximum atomic E-state index is 12.9. The fourth-order valence-electron chi connectivity index (χ4n) is 3.32. The molecule has 0 spiro atoms. The molecule has 1 aliphatic rings.